The predicted molar refractivity (Wildman–Crippen MR) is 111 cm³/mol. The van der Waals surface area contributed by atoms with Gasteiger partial charge in [-0.2, -0.15) is 0 Å². The topological polar surface area (TPSA) is 71.1 Å². The van der Waals surface area contributed by atoms with Crippen LogP contribution >= 0.6 is 11.6 Å². The van der Waals surface area contributed by atoms with Crippen LogP contribution in [-0.4, -0.2) is 64.8 Å². The molecule has 0 aromatic heterocycles. The molecular weight excluding hydrogens is 414 g/mol. The molecular formula is C20H24ClN3O4S. The molecule has 1 N–H and O–H groups in total. The molecule has 0 unspecified atom stereocenters. The van der Waals surface area contributed by atoms with Gasteiger partial charge in [0.05, 0.1) is 4.90 Å². The number of hydrogen-bond acceptors (Lipinski definition) is 6. The molecule has 2 heterocycles. The number of hydrogen-bond donors (Lipinski definition) is 1. The fraction of sp³-hybridized carbons (Fsp3) is 0.400. The van der Waals surface area contributed by atoms with Crippen molar-refractivity contribution in [1.29, 1.82) is 0 Å². The van der Waals surface area contributed by atoms with Crippen LogP contribution in [0.5, 0.6) is 11.5 Å². The summed E-state index contributed by atoms with van der Waals surface area (Å²) in [6, 6.07) is 12.1. The van der Waals surface area contributed by atoms with E-state index >= 15 is 0 Å². The highest BCUT2D eigenvalue weighted by Crippen LogP contribution is 2.34. The summed E-state index contributed by atoms with van der Waals surface area (Å²) in [5, 5.41) is 0.638. The third-order valence-electron chi connectivity index (χ3n) is 5.36. The summed E-state index contributed by atoms with van der Waals surface area (Å²) in [5.74, 6) is 0.991. The summed E-state index contributed by atoms with van der Waals surface area (Å²) in [5.41, 5.74) is 0.923. The molecule has 2 aliphatic heterocycles. The molecule has 0 amide bonds. The second-order valence-corrected chi connectivity index (χ2v) is 9.42. The largest absolute Gasteiger partial charge is 0.454 e. The van der Waals surface area contributed by atoms with Crippen molar-refractivity contribution in [3.63, 3.8) is 0 Å². The fourth-order valence-electron chi connectivity index (χ4n) is 3.63. The number of nitrogens with one attached hydrogen (secondary N) is 1. The Bertz CT molecular complexity index is 977. The molecule has 1 atom stereocenters. The van der Waals surface area contributed by atoms with Gasteiger partial charge in [-0.1, -0.05) is 29.8 Å². The van der Waals surface area contributed by atoms with Gasteiger partial charge in [0.15, 0.2) is 11.5 Å². The Labute approximate surface area is 176 Å². The van der Waals surface area contributed by atoms with E-state index in [1.54, 1.807) is 6.07 Å². The minimum Gasteiger partial charge on any atom is -0.454 e. The van der Waals surface area contributed by atoms with Gasteiger partial charge in [-0.25, -0.2) is 13.1 Å². The molecule has 0 saturated carbocycles. The summed E-state index contributed by atoms with van der Waals surface area (Å²) in [6.07, 6.45) is 0. The van der Waals surface area contributed by atoms with E-state index in [1.807, 2.05) is 24.3 Å². The fourth-order valence-corrected chi connectivity index (χ4v) is 4.95. The van der Waals surface area contributed by atoms with E-state index in [0.717, 1.165) is 31.7 Å². The zero-order valence-corrected chi connectivity index (χ0v) is 17.7. The molecule has 9 heteroatoms. The highest BCUT2D eigenvalue weighted by molar-refractivity contribution is 7.89. The number of nitrogens with zero attached hydrogens (tertiary/aromatic N) is 2. The smallest absolute Gasteiger partial charge is 0.240 e. The molecule has 2 aliphatic rings. The Morgan fingerprint density at radius 2 is 1.79 bits per heavy atom. The van der Waals surface area contributed by atoms with Gasteiger partial charge in [0.2, 0.25) is 16.8 Å². The Balaban J connectivity index is 1.55. The number of benzene rings is 2. The zero-order valence-electron chi connectivity index (χ0n) is 16.2. The Morgan fingerprint density at radius 3 is 2.55 bits per heavy atom. The van der Waals surface area contributed by atoms with Crippen LogP contribution in [0.15, 0.2) is 47.4 Å². The lowest BCUT2D eigenvalue weighted by Crippen LogP contribution is -2.48. The molecule has 0 spiro atoms. The van der Waals surface area contributed by atoms with Crippen molar-refractivity contribution in [1.82, 2.24) is 14.5 Å². The van der Waals surface area contributed by atoms with Crippen LogP contribution in [0.3, 0.4) is 0 Å². The molecule has 4 rings (SSSR count). The van der Waals surface area contributed by atoms with Crippen molar-refractivity contribution in [2.45, 2.75) is 10.9 Å². The zero-order chi connectivity index (χ0) is 20.4. The number of halogens is 1. The van der Waals surface area contributed by atoms with Gasteiger partial charge in [-0.15, -0.1) is 0 Å². The number of rotatable bonds is 6. The van der Waals surface area contributed by atoms with E-state index in [0.29, 0.717) is 16.5 Å². The molecule has 1 fully saturated rings. The van der Waals surface area contributed by atoms with Crippen LogP contribution < -0.4 is 14.2 Å². The average Bonchev–Trinajstić information content (AvgIpc) is 3.18. The lowest BCUT2D eigenvalue weighted by atomic mass is 10.0. The molecule has 0 aliphatic carbocycles. The number of ether oxygens (including phenoxy) is 2. The van der Waals surface area contributed by atoms with Crippen LogP contribution in [0.4, 0.5) is 0 Å². The van der Waals surface area contributed by atoms with Gasteiger partial charge in [0, 0.05) is 49.9 Å². The Kier molecular flexibility index (Phi) is 5.98. The first-order valence-electron chi connectivity index (χ1n) is 9.50. The summed E-state index contributed by atoms with van der Waals surface area (Å²) in [6.45, 7) is 3.87. The number of likely N-dealkylation sites (N-methyl/N-ethyl adjacent to an activating group) is 1. The summed E-state index contributed by atoms with van der Waals surface area (Å²) < 4.78 is 39.2. The van der Waals surface area contributed by atoms with E-state index in [1.165, 1.54) is 12.1 Å². The molecule has 156 valence electrons. The average molecular weight is 438 g/mol. The van der Waals surface area contributed by atoms with Crippen LogP contribution in [0.25, 0.3) is 0 Å². The van der Waals surface area contributed by atoms with Crippen molar-refractivity contribution in [2.75, 3.05) is 46.6 Å². The summed E-state index contributed by atoms with van der Waals surface area (Å²) >= 11 is 6.45. The first-order valence-corrected chi connectivity index (χ1v) is 11.4. The highest BCUT2D eigenvalue weighted by atomic mass is 35.5. The molecule has 29 heavy (non-hydrogen) atoms. The standard InChI is InChI=1S/C20H24ClN3O4S/c1-23-8-10-24(11-9-23)18(16-4-2-3-5-17(16)21)13-22-29(25,26)15-6-7-19-20(12-15)28-14-27-19/h2-7,12,18,22H,8-11,13-14H2,1H3/t18-/m0/s1. The van der Waals surface area contributed by atoms with Crippen LogP contribution in [0, 0.1) is 0 Å². The molecule has 0 bridgehead atoms. The second-order valence-electron chi connectivity index (χ2n) is 7.24. The van der Waals surface area contributed by atoms with Crippen molar-refractivity contribution >= 4 is 21.6 Å². The van der Waals surface area contributed by atoms with E-state index in [-0.39, 0.29) is 24.3 Å². The van der Waals surface area contributed by atoms with E-state index in [2.05, 4.69) is 21.6 Å². The molecule has 1 saturated heterocycles. The first-order chi connectivity index (χ1) is 13.9. The molecule has 0 radical (unpaired) electrons. The Hall–Kier alpha value is -1.84. The minimum atomic E-state index is -3.71. The lowest BCUT2D eigenvalue weighted by molar-refractivity contribution is 0.113. The second kappa shape index (κ2) is 8.49. The summed E-state index contributed by atoms with van der Waals surface area (Å²) in [4.78, 5) is 4.69. The highest BCUT2D eigenvalue weighted by Gasteiger charge is 2.28. The maximum Gasteiger partial charge on any atom is 0.240 e. The van der Waals surface area contributed by atoms with E-state index < -0.39 is 10.0 Å². The van der Waals surface area contributed by atoms with Gasteiger partial charge in [-0.05, 0) is 30.8 Å². The minimum absolute atomic E-state index is 0.101. The molecule has 2 aromatic rings. The first kappa shape index (κ1) is 20.4. The third kappa shape index (κ3) is 4.51. The van der Waals surface area contributed by atoms with Crippen molar-refractivity contribution in [2.24, 2.45) is 0 Å². The van der Waals surface area contributed by atoms with E-state index in [9.17, 15) is 8.42 Å². The van der Waals surface area contributed by atoms with Crippen molar-refractivity contribution in [3.8, 4) is 11.5 Å². The summed E-state index contributed by atoms with van der Waals surface area (Å²) in [7, 11) is -1.63. The van der Waals surface area contributed by atoms with Crippen molar-refractivity contribution in [3.05, 3.63) is 53.1 Å². The SMILES string of the molecule is CN1CCN([C@@H](CNS(=O)(=O)c2ccc3c(c2)OCO3)c2ccccc2Cl)CC1. The third-order valence-corrected chi connectivity index (χ3v) is 7.13. The van der Waals surface area contributed by atoms with Gasteiger partial charge in [0.1, 0.15) is 0 Å². The van der Waals surface area contributed by atoms with Crippen LogP contribution in [-0.2, 0) is 10.0 Å². The lowest BCUT2D eigenvalue weighted by Gasteiger charge is -2.38. The number of fused-ring (bicyclic) bond motifs is 1. The van der Waals surface area contributed by atoms with Crippen molar-refractivity contribution < 1.29 is 17.9 Å². The van der Waals surface area contributed by atoms with E-state index in [4.69, 9.17) is 21.1 Å². The molecule has 2 aromatic carbocycles. The monoisotopic (exact) mass is 437 g/mol. The quantitative estimate of drug-likeness (QED) is 0.748. The number of sulfonamides is 1. The van der Waals surface area contributed by atoms with Gasteiger partial charge in [-0.3, -0.25) is 4.90 Å². The normalized spacial score (nSPS) is 18.7. The van der Waals surface area contributed by atoms with Crippen LogP contribution in [0.1, 0.15) is 11.6 Å². The van der Waals surface area contributed by atoms with Gasteiger partial charge >= 0.3 is 0 Å². The Morgan fingerprint density at radius 1 is 1.07 bits per heavy atom. The maximum atomic E-state index is 12.9. The maximum absolute atomic E-state index is 12.9. The van der Waals surface area contributed by atoms with Gasteiger partial charge in [0.25, 0.3) is 0 Å². The van der Waals surface area contributed by atoms with Crippen LogP contribution in [0.2, 0.25) is 5.02 Å². The number of piperazine rings is 1. The predicted octanol–water partition coefficient (Wildman–Crippen LogP) is 2.34. The molecule has 7 nitrogen and oxygen atoms in total. The van der Waals surface area contributed by atoms with Gasteiger partial charge < -0.3 is 14.4 Å².